The van der Waals surface area contributed by atoms with Crippen LogP contribution in [0.2, 0.25) is 0 Å². The maximum Gasteiger partial charge on any atom is 0.237 e. The lowest BCUT2D eigenvalue weighted by Gasteiger charge is -2.24. The second-order valence-electron chi connectivity index (χ2n) is 5.72. The maximum atomic E-state index is 11.2. The molecule has 0 aliphatic rings. The van der Waals surface area contributed by atoms with Crippen molar-refractivity contribution in [2.24, 2.45) is 11.5 Å². The number of amides is 2. The number of hydrogen-bond acceptors (Lipinski definition) is 6. The van der Waals surface area contributed by atoms with Gasteiger partial charge in [-0.1, -0.05) is 20.8 Å². The van der Waals surface area contributed by atoms with Crippen LogP contribution in [0.3, 0.4) is 0 Å². The summed E-state index contributed by atoms with van der Waals surface area (Å²) < 4.78 is 0. The van der Waals surface area contributed by atoms with Crippen LogP contribution in [0.4, 0.5) is 11.6 Å². The highest BCUT2D eigenvalue weighted by atomic mass is 16.2. The number of nitrogens with two attached hydrogens (primary N) is 2. The summed E-state index contributed by atoms with van der Waals surface area (Å²) in [6.07, 6.45) is 0. The first-order chi connectivity index (χ1) is 9.63. The van der Waals surface area contributed by atoms with Crippen molar-refractivity contribution < 1.29 is 9.59 Å². The molecule has 1 heterocycles. The van der Waals surface area contributed by atoms with E-state index in [-0.39, 0.29) is 18.5 Å². The molecule has 8 nitrogen and oxygen atoms in total. The van der Waals surface area contributed by atoms with Crippen molar-refractivity contribution >= 4 is 23.5 Å². The molecule has 0 spiro atoms. The molecule has 21 heavy (non-hydrogen) atoms. The molecule has 0 radical (unpaired) electrons. The number of nitrogens with one attached hydrogen (secondary N) is 1. The van der Waals surface area contributed by atoms with E-state index in [0.29, 0.717) is 17.5 Å². The van der Waals surface area contributed by atoms with Crippen molar-refractivity contribution in [2.45, 2.75) is 26.2 Å². The van der Waals surface area contributed by atoms with Crippen LogP contribution in [-0.2, 0) is 15.0 Å². The Balaban J connectivity index is 3.28. The van der Waals surface area contributed by atoms with Gasteiger partial charge in [0.05, 0.1) is 13.1 Å². The number of aromatic nitrogens is 2. The molecule has 1 aromatic rings. The van der Waals surface area contributed by atoms with Crippen LogP contribution in [0.5, 0.6) is 0 Å². The molecule has 0 aromatic carbocycles. The minimum atomic E-state index is -0.571. The highest BCUT2D eigenvalue weighted by Crippen LogP contribution is 2.23. The number of primary amides is 2. The van der Waals surface area contributed by atoms with Crippen LogP contribution >= 0.6 is 0 Å². The zero-order chi connectivity index (χ0) is 16.2. The number of nitrogens with zero attached hydrogens (tertiary/aromatic N) is 3. The predicted octanol–water partition coefficient (Wildman–Crippen LogP) is -0.407. The van der Waals surface area contributed by atoms with Gasteiger partial charge in [-0.15, -0.1) is 0 Å². The van der Waals surface area contributed by atoms with Gasteiger partial charge in [0.25, 0.3) is 0 Å². The summed E-state index contributed by atoms with van der Waals surface area (Å²) in [6.45, 7) is 5.62. The number of rotatable bonds is 6. The average Bonchev–Trinajstić information content (AvgIpc) is 2.35. The van der Waals surface area contributed by atoms with E-state index in [0.717, 1.165) is 0 Å². The molecule has 0 aliphatic carbocycles. The Morgan fingerprint density at radius 3 is 2.10 bits per heavy atom. The predicted molar refractivity (Wildman–Crippen MR) is 80.9 cm³/mol. The van der Waals surface area contributed by atoms with E-state index >= 15 is 0 Å². The highest BCUT2D eigenvalue weighted by molar-refractivity contribution is 5.84. The molecule has 5 N–H and O–H groups in total. The Kier molecular flexibility index (Phi) is 5.07. The van der Waals surface area contributed by atoms with Gasteiger partial charge >= 0.3 is 0 Å². The van der Waals surface area contributed by atoms with Gasteiger partial charge < -0.3 is 21.7 Å². The van der Waals surface area contributed by atoms with Crippen LogP contribution in [0.25, 0.3) is 0 Å². The molecule has 0 aliphatic heterocycles. The molecular weight excluding hydrogens is 272 g/mol. The van der Waals surface area contributed by atoms with Gasteiger partial charge in [0.1, 0.15) is 17.5 Å². The molecule has 0 saturated heterocycles. The fraction of sp³-hybridized carbons (Fsp3) is 0.538. The topological polar surface area (TPSA) is 127 Å². The summed E-state index contributed by atoms with van der Waals surface area (Å²) in [5.74, 6) is 0.459. The summed E-state index contributed by atoms with van der Waals surface area (Å²) in [7, 11) is 1.73. The summed E-state index contributed by atoms with van der Waals surface area (Å²) in [6, 6.07) is 1.64. The standard InChI is InChI=1S/C13H22N6O2/c1-13(2,3)12-17-10(16-4)5-11(18-12)19(6-8(14)20)7-9(15)21/h5H,6-7H2,1-4H3,(H2,14,20)(H2,15,21)(H,16,17,18). The molecule has 1 rings (SSSR count). The van der Waals surface area contributed by atoms with Gasteiger partial charge in [-0.25, -0.2) is 9.97 Å². The third-order valence-corrected chi connectivity index (χ3v) is 2.66. The minimum Gasteiger partial charge on any atom is -0.373 e. The van der Waals surface area contributed by atoms with E-state index in [1.165, 1.54) is 4.90 Å². The van der Waals surface area contributed by atoms with Crippen LogP contribution in [0.15, 0.2) is 6.07 Å². The van der Waals surface area contributed by atoms with Crippen molar-refractivity contribution in [3.63, 3.8) is 0 Å². The van der Waals surface area contributed by atoms with Crippen LogP contribution in [0, 0.1) is 0 Å². The lowest BCUT2D eigenvalue weighted by molar-refractivity contribution is -0.117. The van der Waals surface area contributed by atoms with Gasteiger partial charge in [-0.2, -0.15) is 0 Å². The normalized spacial score (nSPS) is 11.0. The smallest absolute Gasteiger partial charge is 0.237 e. The second kappa shape index (κ2) is 6.38. The molecule has 0 bridgehead atoms. The molecule has 0 atom stereocenters. The van der Waals surface area contributed by atoms with Gasteiger partial charge in [0, 0.05) is 18.5 Å². The highest BCUT2D eigenvalue weighted by Gasteiger charge is 2.22. The minimum absolute atomic E-state index is 0.146. The third kappa shape index (κ3) is 4.90. The molecule has 116 valence electrons. The quantitative estimate of drug-likeness (QED) is 0.654. The summed E-state index contributed by atoms with van der Waals surface area (Å²) in [5, 5.41) is 2.93. The van der Waals surface area contributed by atoms with Gasteiger partial charge in [-0.05, 0) is 0 Å². The SMILES string of the molecule is CNc1cc(N(CC(N)=O)CC(N)=O)nc(C(C)(C)C)n1. The summed E-state index contributed by atoms with van der Waals surface area (Å²) in [5.41, 5.74) is 10.1. The Hall–Kier alpha value is -2.38. The van der Waals surface area contributed by atoms with E-state index in [4.69, 9.17) is 11.5 Å². The lowest BCUT2D eigenvalue weighted by atomic mass is 9.96. The molecular formula is C13H22N6O2. The zero-order valence-electron chi connectivity index (χ0n) is 12.8. The van der Waals surface area contributed by atoms with E-state index in [2.05, 4.69) is 15.3 Å². The first-order valence-electron chi connectivity index (χ1n) is 6.52. The molecule has 1 aromatic heterocycles. The Morgan fingerprint density at radius 2 is 1.71 bits per heavy atom. The fourth-order valence-electron chi connectivity index (χ4n) is 1.65. The molecule has 8 heteroatoms. The largest absolute Gasteiger partial charge is 0.373 e. The zero-order valence-corrected chi connectivity index (χ0v) is 12.8. The fourth-order valence-corrected chi connectivity index (χ4v) is 1.65. The molecule has 0 fully saturated rings. The van der Waals surface area contributed by atoms with Crippen LogP contribution in [-0.4, -0.2) is 41.9 Å². The van der Waals surface area contributed by atoms with E-state index in [1.54, 1.807) is 13.1 Å². The van der Waals surface area contributed by atoms with Gasteiger partial charge in [0.15, 0.2) is 0 Å². The lowest BCUT2D eigenvalue weighted by Crippen LogP contribution is -2.40. The number of carbonyl (C=O) groups is 2. The van der Waals surface area contributed by atoms with Crippen molar-refractivity contribution in [1.82, 2.24) is 9.97 Å². The second-order valence-corrected chi connectivity index (χ2v) is 5.72. The number of carbonyl (C=O) groups excluding carboxylic acids is 2. The van der Waals surface area contributed by atoms with Gasteiger partial charge in [-0.3, -0.25) is 9.59 Å². The van der Waals surface area contributed by atoms with Gasteiger partial charge in [0.2, 0.25) is 11.8 Å². The molecule has 2 amide bonds. The number of anilines is 2. The van der Waals surface area contributed by atoms with Crippen molar-refractivity contribution in [3.8, 4) is 0 Å². The van der Waals surface area contributed by atoms with E-state index in [1.807, 2.05) is 20.8 Å². The first kappa shape index (κ1) is 16.7. The third-order valence-electron chi connectivity index (χ3n) is 2.66. The van der Waals surface area contributed by atoms with Crippen molar-refractivity contribution in [2.75, 3.05) is 30.4 Å². The average molecular weight is 294 g/mol. The Morgan fingerprint density at radius 1 is 1.19 bits per heavy atom. The Bertz CT molecular complexity index is 522. The van der Waals surface area contributed by atoms with Crippen LogP contribution in [0.1, 0.15) is 26.6 Å². The maximum absolute atomic E-state index is 11.2. The van der Waals surface area contributed by atoms with E-state index in [9.17, 15) is 9.59 Å². The van der Waals surface area contributed by atoms with Crippen LogP contribution < -0.4 is 21.7 Å². The summed E-state index contributed by atoms with van der Waals surface area (Å²) >= 11 is 0. The van der Waals surface area contributed by atoms with Crippen molar-refractivity contribution in [3.05, 3.63) is 11.9 Å². The summed E-state index contributed by atoms with van der Waals surface area (Å²) in [4.78, 5) is 32.6. The van der Waals surface area contributed by atoms with E-state index < -0.39 is 11.8 Å². The molecule has 0 saturated carbocycles. The number of hydrogen-bond donors (Lipinski definition) is 3. The molecule has 0 unspecified atom stereocenters. The monoisotopic (exact) mass is 294 g/mol. The first-order valence-corrected chi connectivity index (χ1v) is 6.52. The van der Waals surface area contributed by atoms with Crippen molar-refractivity contribution in [1.29, 1.82) is 0 Å². The Labute approximate surface area is 123 Å².